The summed E-state index contributed by atoms with van der Waals surface area (Å²) in [4.78, 5) is 11.3. The number of aromatic nitrogens is 2. The van der Waals surface area contributed by atoms with Gasteiger partial charge in [-0.25, -0.2) is 9.98 Å². The van der Waals surface area contributed by atoms with Gasteiger partial charge in [0, 0.05) is 45.2 Å². The minimum absolute atomic E-state index is 0.137. The van der Waals surface area contributed by atoms with Gasteiger partial charge in [0.05, 0.1) is 25.6 Å². The first-order valence-corrected chi connectivity index (χ1v) is 10.6. The molecule has 2 atom stereocenters. The topological polar surface area (TPSA) is 63.9 Å². The Hall–Kier alpha value is -2.38. The van der Waals surface area contributed by atoms with Gasteiger partial charge in [-0.05, 0) is 30.9 Å². The van der Waals surface area contributed by atoms with Crippen LogP contribution in [0.2, 0.25) is 0 Å². The van der Waals surface area contributed by atoms with E-state index in [-0.39, 0.29) is 12.2 Å². The molecular weight excluding hydrogens is 366 g/mol. The number of ether oxygens (including phenoxy) is 2. The molecule has 4 rings (SSSR count). The molecule has 2 aromatic rings. The Morgan fingerprint density at radius 1 is 1.17 bits per heavy atom. The molecule has 1 N–H and O–H groups in total. The normalized spacial score (nSPS) is 22.8. The van der Waals surface area contributed by atoms with Crippen LogP contribution in [0.25, 0.3) is 0 Å². The summed E-state index contributed by atoms with van der Waals surface area (Å²) in [5, 5.41) is 3.44. The molecule has 1 aromatic heterocycles. The molecule has 7 heteroatoms. The van der Waals surface area contributed by atoms with Crippen molar-refractivity contribution in [2.75, 3.05) is 32.8 Å². The molecule has 2 aliphatic rings. The highest BCUT2D eigenvalue weighted by molar-refractivity contribution is 5.80. The van der Waals surface area contributed by atoms with Crippen molar-refractivity contribution in [2.24, 2.45) is 4.99 Å². The van der Waals surface area contributed by atoms with E-state index in [1.807, 2.05) is 12.5 Å². The summed E-state index contributed by atoms with van der Waals surface area (Å²) in [5.74, 6) is 0.960. The van der Waals surface area contributed by atoms with Crippen molar-refractivity contribution in [2.45, 2.75) is 45.1 Å². The fourth-order valence-electron chi connectivity index (χ4n) is 3.92. The van der Waals surface area contributed by atoms with Crippen molar-refractivity contribution in [3.8, 4) is 0 Å². The minimum atomic E-state index is 0.137. The molecule has 1 aromatic carbocycles. The molecule has 0 bridgehead atoms. The van der Waals surface area contributed by atoms with Crippen LogP contribution < -0.4 is 5.32 Å². The SMILES string of the molecule is CCNC(=NCc1ccc(Cn2ccnc2)cc1)N1CCOC(C2CCCO2)C1. The molecule has 156 valence electrons. The summed E-state index contributed by atoms with van der Waals surface area (Å²) in [7, 11) is 0. The first-order chi connectivity index (χ1) is 14.3. The zero-order chi connectivity index (χ0) is 19.9. The summed E-state index contributed by atoms with van der Waals surface area (Å²) in [6.45, 7) is 7.73. The van der Waals surface area contributed by atoms with Gasteiger partial charge in [0.1, 0.15) is 6.10 Å². The maximum Gasteiger partial charge on any atom is 0.194 e. The zero-order valence-corrected chi connectivity index (χ0v) is 17.2. The molecule has 2 unspecified atom stereocenters. The molecule has 7 nitrogen and oxygen atoms in total. The van der Waals surface area contributed by atoms with Crippen molar-refractivity contribution in [3.05, 3.63) is 54.1 Å². The molecular formula is C22H31N5O2. The third-order valence-electron chi connectivity index (χ3n) is 5.47. The van der Waals surface area contributed by atoms with Crippen LogP contribution in [0, 0.1) is 0 Å². The summed E-state index contributed by atoms with van der Waals surface area (Å²) < 4.78 is 13.9. The van der Waals surface area contributed by atoms with Crippen molar-refractivity contribution < 1.29 is 9.47 Å². The Morgan fingerprint density at radius 2 is 2.00 bits per heavy atom. The number of rotatable bonds is 6. The molecule has 0 saturated carbocycles. The van der Waals surface area contributed by atoms with Gasteiger partial charge in [-0.15, -0.1) is 0 Å². The van der Waals surface area contributed by atoms with Gasteiger partial charge >= 0.3 is 0 Å². The summed E-state index contributed by atoms with van der Waals surface area (Å²) >= 11 is 0. The molecule has 0 amide bonds. The van der Waals surface area contributed by atoms with Crippen LogP contribution in [0.1, 0.15) is 30.9 Å². The lowest BCUT2D eigenvalue weighted by molar-refractivity contribution is -0.0817. The van der Waals surface area contributed by atoms with Crippen LogP contribution in [0.5, 0.6) is 0 Å². The quantitative estimate of drug-likeness (QED) is 0.598. The maximum atomic E-state index is 5.98. The number of benzene rings is 1. The predicted molar refractivity (Wildman–Crippen MR) is 113 cm³/mol. The average molecular weight is 398 g/mol. The van der Waals surface area contributed by atoms with Crippen molar-refractivity contribution in [1.82, 2.24) is 19.8 Å². The third kappa shape index (κ3) is 5.36. The lowest BCUT2D eigenvalue weighted by atomic mass is 10.1. The Balaban J connectivity index is 1.37. The molecule has 0 radical (unpaired) electrons. The number of aliphatic imine (C=N–C) groups is 1. The van der Waals surface area contributed by atoms with E-state index in [0.717, 1.165) is 58.2 Å². The number of hydrogen-bond acceptors (Lipinski definition) is 4. The highest BCUT2D eigenvalue weighted by Gasteiger charge is 2.32. The van der Waals surface area contributed by atoms with E-state index in [1.54, 1.807) is 6.20 Å². The average Bonchev–Trinajstić information content (AvgIpc) is 3.47. The summed E-state index contributed by atoms with van der Waals surface area (Å²) in [5.41, 5.74) is 2.47. The number of imidazole rings is 1. The van der Waals surface area contributed by atoms with Crippen LogP contribution >= 0.6 is 0 Å². The second kappa shape index (κ2) is 9.89. The Bertz CT molecular complexity index is 769. The van der Waals surface area contributed by atoms with E-state index in [0.29, 0.717) is 6.54 Å². The minimum Gasteiger partial charge on any atom is -0.375 e. The smallest absolute Gasteiger partial charge is 0.194 e. The zero-order valence-electron chi connectivity index (χ0n) is 17.2. The Morgan fingerprint density at radius 3 is 2.72 bits per heavy atom. The van der Waals surface area contributed by atoms with Crippen LogP contribution in [-0.2, 0) is 22.6 Å². The van der Waals surface area contributed by atoms with Crippen LogP contribution in [-0.4, -0.2) is 65.5 Å². The van der Waals surface area contributed by atoms with E-state index < -0.39 is 0 Å². The second-order valence-electron chi connectivity index (χ2n) is 7.63. The van der Waals surface area contributed by atoms with Gasteiger partial charge in [-0.3, -0.25) is 0 Å². The highest BCUT2D eigenvalue weighted by Crippen LogP contribution is 2.21. The lowest BCUT2D eigenvalue weighted by Crippen LogP contribution is -2.53. The molecule has 29 heavy (non-hydrogen) atoms. The fraction of sp³-hybridized carbons (Fsp3) is 0.545. The van der Waals surface area contributed by atoms with Crippen molar-refractivity contribution in [1.29, 1.82) is 0 Å². The van der Waals surface area contributed by atoms with Crippen molar-refractivity contribution >= 4 is 5.96 Å². The molecule has 0 spiro atoms. The van der Waals surface area contributed by atoms with E-state index in [2.05, 4.69) is 51.0 Å². The van der Waals surface area contributed by atoms with Gasteiger partial charge in [-0.1, -0.05) is 24.3 Å². The first-order valence-electron chi connectivity index (χ1n) is 10.6. The number of nitrogens with one attached hydrogen (secondary N) is 1. The van der Waals surface area contributed by atoms with Crippen LogP contribution in [0.4, 0.5) is 0 Å². The van der Waals surface area contributed by atoms with E-state index in [4.69, 9.17) is 14.5 Å². The number of nitrogens with zero attached hydrogens (tertiary/aromatic N) is 4. The van der Waals surface area contributed by atoms with E-state index in [9.17, 15) is 0 Å². The molecule has 2 aliphatic heterocycles. The summed E-state index contributed by atoms with van der Waals surface area (Å²) in [6, 6.07) is 8.65. The van der Waals surface area contributed by atoms with Gasteiger partial charge in [-0.2, -0.15) is 0 Å². The van der Waals surface area contributed by atoms with Gasteiger partial charge in [0.25, 0.3) is 0 Å². The molecule has 2 saturated heterocycles. The molecule has 3 heterocycles. The maximum absolute atomic E-state index is 5.98. The molecule has 2 fully saturated rings. The highest BCUT2D eigenvalue weighted by atomic mass is 16.5. The number of morpholine rings is 1. The van der Waals surface area contributed by atoms with Crippen LogP contribution in [0.3, 0.4) is 0 Å². The van der Waals surface area contributed by atoms with Crippen LogP contribution in [0.15, 0.2) is 48.0 Å². The second-order valence-corrected chi connectivity index (χ2v) is 7.63. The Labute approximate surface area is 172 Å². The van der Waals surface area contributed by atoms with Gasteiger partial charge in [0.15, 0.2) is 5.96 Å². The fourth-order valence-corrected chi connectivity index (χ4v) is 3.92. The predicted octanol–water partition coefficient (Wildman–Crippen LogP) is 2.28. The molecule has 0 aliphatic carbocycles. The van der Waals surface area contributed by atoms with E-state index >= 15 is 0 Å². The largest absolute Gasteiger partial charge is 0.375 e. The number of guanidine groups is 1. The Kier molecular flexibility index (Phi) is 6.79. The lowest BCUT2D eigenvalue weighted by Gasteiger charge is -2.37. The standard InChI is InChI=1S/C22H31N5O2/c1-2-24-22(27-11-13-29-21(16-27)20-4-3-12-28-20)25-14-18-5-7-19(8-6-18)15-26-10-9-23-17-26/h5-10,17,20-21H,2-4,11-16H2,1H3,(H,24,25). The van der Waals surface area contributed by atoms with Gasteiger partial charge in [0.2, 0.25) is 0 Å². The van der Waals surface area contributed by atoms with Crippen molar-refractivity contribution in [3.63, 3.8) is 0 Å². The van der Waals surface area contributed by atoms with Gasteiger partial charge < -0.3 is 24.3 Å². The first kappa shape index (κ1) is 19.9. The number of hydrogen-bond donors (Lipinski definition) is 1. The third-order valence-corrected chi connectivity index (χ3v) is 5.47. The summed E-state index contributed by atoms with van der Waals surface area (Å²) in [6.07, 6.45) is 8.22. The van der Waals surface area contributed by atoms with E-state index in [1.165, 1.54) is 11.1 Å². The monoisotopic (exact) mass is 397 g/mol.